The maximum absolute atomic E-state index is 13.7. The van der Waals surface area contributed by atoms with Crippen molar-refractivity contribution >= 4 is 34.8 Å². The summed E-state index contributed by atoms with van der Waals surface area (Å²) in [5.74, 6) is -0.994. The molecular weight excluding hydrogens is 317 g/mol. The summed E-state index contributed by atoms with van der Waals surface area (Å²) in [6.45, 7) is 1.71. The van der Waals surface area contributed by atoms with Gasteiger partial charge in [-0.15, -0.1) is 0 Å². The molecule has 118 valence electrons. The fourth-order valence-corrected chi connectivity index (χ4v) is 2.59. The summed E-state index contributed by atoms with van der Waals surface area (Å²) in [6, 6.07) is 7.68. The van der Waals surface area contributed by atoms with Gasteiger partial charge in [0.25, 0.3) is 5.91 Å². The number of aliphatic hydroxyl groups is 1. The third-order valence-electron chi connectivity index (χ3n) is 3.57. The van der Waals surface area contributed by atoms with E-state index < -0.39 is 11.7 Å². The number of rotatable bonds is 3. The van der Waals surface area contributed by atoms with Crippen molar-refractivity contribution in [1.29, 1.82) is 0 Å². The quantitative estimate of drug-likeness (QED) is 0.555. The number of hydrogen-bond donors (Lipinski definition) is 4. The summed E-state index contributed by atoms with van der Waals surface area (Å²) in [7, 11) is 0. The van der Waals surface area contributed by atoms with Crippen molar-refractivity contribution in [2.24, 2.45) is 0 Å². The molecule has 1 heterocycles. The second-order valence-corrected chi connectivity index (χ2v) is 5.62. The Labute approximate surface area is 136 Å². The number of aryl methyl sites for hydroxylation is 1. The number of H-pyrrole nitrogens is 2. The molecule has 0 aliphatic heterocycles. The minimum atomic E-state index is -0.534. The van der Waals surface area contributed by atoms with E-state index in [1.165, 1.54) is 6.07 Å². The first kappa shape index (κ1) is 15.4. The van der Waals surface area contributed by atoms with Crippen LogP contribution in [0.5, 0.6) is 0 Å². The van der Waals surface area contributed by atoms with Gasteiger partial charge in [0.15, 0.2) is 4.77 Å². The van der Waals surface area contributed by atoms with Crippen LogP contribution in [0.15, 0.2) is 30.3 Å². The number of aromatic amines is 2. The number of nitrogens with one attached hydrogen (secondary N) is 3. The number of halogens is 1. The SMILES string of the molecule is Cc1ccc(CO)cc1NC(=O)c1cc(F)cc2[nH]c(=S)[nH]c12. The van der Waals surface area contributed by atoms with Crippen molar-refractivity contribution in [3.8, 4) is 0 Å². The van der Waals surface area contributed by atoms with E-state index in [2.05, 4.69) is 15.3 Å². The molecule has 1 aromatic heterocycles. The Bertz CT molecular complexity index is 962. The molecule has 5 nitrogen and oxygen atoms in total. The van der Waals surface area contributed by atoms with Crippen LogP contribution < -0.4 is 5.32 Å². The number of fused-ring (bicyclic) bond motifs is 1. The first-order valence-electron chi connectivity index (χ1n) is 6.91. The lowest BCUT2D eigenvalue weighted by Crippen LogP contribution is -2.14. The van der Waals surface area contributed by atoms with Crippen molar-refractivity contribution in [2.45, 2.75) is 13.5 Å². The lowest BCUT2D eigenvalue weighted by atomic mass is 10.1. The van der Waals surface area contributed by atoms with Gasteiger partial charge in [-0.1, -0.05) is 12.1 Å². The van der Waals surface area contributed by atoms with E-state index in [0.29, 0.717) is 27.1 Å². The van der Waals surface area contributed by atoms with Gasteiger partial charge in [-0.3, -0.25) is 4.79 Å². The van der Waals surface area contributed by atoms with Crippen LogP contribution in [0.25, 0.3) is 11.0 Å². The molecule has 2 aromatic carbocycles. The van der Waals surface area contributed by atoms with Crippen LogP contribution in [0.2, 0.25) is 0 Å². The topological polar surface area (TPSA) is 80.9 Å². The summed E-state index contributed by atoms with van der Waals surface area (Å²) in [4.78, 5) is 18.2. The molecule has 0 saturated carbocycles. The summed E-state index contributed by atoms with van der Waals surface area (Å²) < 4.78 is 14.0. The van der Waals surface area contributed by atoms with Gasteiger partial charge in [0.1, 0.15) is 5.82 Å². The van der Waals surface area contributed by atoms with Crippen LogP contribution in [-0.4, -0.2) is 21.0 Å². The van der Waals surface area contributed by atoms with Crippen molar-refractivity contribution in [3.63, 3.8) is 0 Å². The van der Waals surface area contributed by atoms with Crippen molar-refractivity contribution in [2.75, 3.05) is 5.32 Å². The number of anilines is 1. The Morgan fingerprint density at radius 3 is 2.83 bits per heavy atom. The zero-order valence-corrected chi connectivity index (χ0v) is 13.1. The third kappa shape index (κ3) is 3.01. The van der Waals surface area contributed by atoms with E-state index in [9.17, 15) is 14.3 Å². The lowest BCUT2D eigenvalue weighted by molar-refractivity contribution is 0.102. The standard InChI is InChI=1S/C16H14FN3O2S/c1-8-2-3-9(7-21)4-12(8)18-15(22)11-5-10(17)6-13-14(11)20-16(23)19-13/h2-6,21H,7H2,1H3,(H,18,22)(H2,19,20,23). The summed E-state index contributed by atoms with van der Waals surface area (Å²) in [5.41, 5.74) is 3.11. The highest BCUT2D eigenvalue weighted by Crippen LogP contribution is 2.22. The molecule has 4 N–H and O–H groups in total. The third-order valence-corrected chi connectivity index (χ3v) is 3.77. The van der Waals surface area contributed by atoms with Crippen LogP contribution in [0, 0.1) is 17.5 Å². The smallest absolute Gasteiger partial charge is 0.257 e. The molecule has 23 heavy (non-hydrogen) atoms. The number of carbonyl (C=O) groups excluding carboxylic acids is 1. The van der Waals surface area contributed by atoms with Gasteiger partial charge < -0.3 is 20.4 Å². The van der Waals surface area contributed by atoms with E-state index in [1.807, 2.05) is 6.92 Å². The molecule has 3 aromatic rings. The normalized spacial score (nSPS) is 10.9. The Kier molecular flexibility index (Phi) is 3.97. The van der Waals surface area contributed by atoms with Crippen LogP contribution in [0.4, 0.5) is 10.1 Å². The Morgan fingerprint density at radius 1 is 1.30 bits per heavy atom. The second-order valence-electron chi connectivity index (χ2n) is 5.22. The van der Waals surface area contributed by atoms with Crippen molar-refractivity contribution in [1.82, 2.24) is 9.97 Å². The summed E-state index contributed by atoms with van der Waals surface area (Å²) in [5, 5.41) is 11.9. The van der Waals surface area contributed by atoms with Gasteiger partial charge in [-0.05, 0) is 48.5 Å². The average Bonchev–Trinajstić information content (AvgIpc) is 2.88. The molecule has 3 rings (SSSR count). The zero-order chi connectivity index (χ0) is 16.6. The molecule has 0 fully saturated rings. The number of aromatic nitrogens is 2. The predicted octanol–water partition coefficient (Wildman–Crippen LogP) is 3.42. The van der Waals surface area contributed by atoms with E-state index in [4.69, 9.17) is 12.2 Å². The fourth-order valence-electron chi connectivity index (χ4n) is 2.38. The van der Waals surface area contributed by atoms with Gasteiger partial charge in [0.05, 0.1) is 23.2 Å². The van der Waals surface area contributed by atoms with Crippen LogP contribution >= 0.6 is 12.2 Å². The van der Waals surface area contributed by atoms with Gasteiger partial charge in [-0.2, -0.15) is 0 Å². The van der Waals surface area contributed by atoms with Gasteiger partial charge >= 0.3 is 0 Å². The second kappa shape index (κ2) is 5.94. The maximum Gasteiger partial charge on any atom is 0.257 e. The van der Waals surface area contributed by atoms with Gasteiger partial charge in [0, 0.05) is 5.69 Å². The largest absolute Gasteiger partial charge is 0.392 e. The minimum Gasteiger partial charge on any atom is -0.392 e. The minimum absolute atomic E-state index is 0.127. The summed E-state index contributed by atoms with van der Waals surface area (Å²) in [6.07, 6.45) is 0. The molecule has 0 atom stereocenters. The molecule has 1 amide bonds. The zero-order valence-electron chi connectivity index (χ0n) is 12.2. The molecule has 0 spiro atoms. The number of hydrogen-bond acceptors (Lipinski definition) is 3. The molecular formula is C16H14FN3O2S. The van der Waals surface area contributed by atoms with Crippen LogP contribution in [-0.2, 0) is 6.61 Å². The molecule has 0 unspecified atom stereocenters. The fraction of sp³-hybridized carbons (Fsp3) is 0.125. The molecule has 0 saturated heterocycles. The monoisotopic (exact) mass is 331 g/mol. The molecule has 0 aliphatic rings. The first-order valence-corrected chi connectivity index (χ1v) is 7.32. The first-order chi connectivity index (χ1) is 11.0. The van der Waals surface area contributed by atoms with Crippen molar-refractivity contribution in [3.05, 3.63) is 57.6 Å². The molecule has 0 bridgehead atoms. The van der Waals surface area contributed by atoms with E-state index in [1.54, 1.807) is 18.2 Å². The molecule has 0 radical (unpaired) electrons. The predicted molar refractivity (Wildman–Crippen MR) is 88.5 cm³/mol. The highest BCUT2D eigenvalue weighted by atomic mass is 32.1. The van der Waals surface area contributed by atoms with E-state index in [0.717, 1.165) is 11.6 Å². The number of amides is 1. The molecule has 7 heteroatoms. The highest BCUT2D eigenvalue weighted by molar-refractivity contribution is 7.71. The Hall–Kier alpha value is -2.51. The maximum atomic E-state index is 13.7. The Morgan fingerprint density at radius 2 is 2.09 bits per heavy atom. The number of carbonyl (C=O) groups is 1. The van der Waals surface area contributed by atoms with E-state index >= 15 is 0 Å². The van der Waals surface area contributed by atoms with Gasteiger partial charge in [0.2, 0.25) is 0 Å². The Balaban J connectivity index is 2.03. The van der Waals surface area contributed by atoms with Crippen molar-refractivity contribution < 1.29 is 14.3 Å². The van der Waals surface area contributed by atoms with E-state index in [-0.39, 0.29) is 12.2 Å². The van der Waals surface area contributed by atoms with Gasteiger partial charge in [-0.25, -0.2) is 4.39 Å². The highest BCUT2D eigenvalue weighted by Gasteiger charge is 2.15. The summed E-state index contributed by atoms with van der Waals surface area (Å²) >= 11 is 4.99. The number of benzene rings is 2. The number of imidazole rings is 1. The molecule has 0 aliphatic carbocycles. The lowest BCUT2D eigenvalue weighted by Gasteiger charge is -2.10. The number of aliphatic hydroxyl groups excluding tert-OH is 1. The van der Waals surface area contributed by atoms with Crippen LogP contribution in [0.3, 0.4) is 0 Å². The van der Waals surface area contributed by atoms with Crippen LogP contribution in [0.1, 0.15) is 21.5 Å². The average molecular weight is 331 g/mol.